The van der Waals surface area contributed by atoms with Gasteiger partial charge in [0.15, 0.2) is 11.5 Å². The van der Waals surface area contributed by atoms with E-state index in [9.17, 15) is 19.2 Å². The maximum atomic E-state index is 13.7. The maximum Gasteiger partial charge on any atom is 0.252 e. The van der Waals surface area contributed by atoms with Crippen molar-refractivity contribution >= 4 is 39.6 Å². The fourth-order valence-corrected chi connectivity index (χ4v) is 3.62. The Morgan fingerprint density at radius 1 is 1.17 bits per heavy atom. The summed E-state index contributed by atoms with van der Waals surface area (Å²) in [5.74, 6) is -2.21. The Morgan fingerprint density at radius 2 is 1.89 bits per heavy atom. The van der Waals surface area contributed by atoms with E-state index in [0.29, 0.717) is 27.1 Å². The summed E-state index contributed by atoms with van der Waals surface area (Å²) in [4.78, 5) is 24.6. The predicted molar refractivity (Wildman–Crippen MR) is 136 cm³/mol. The second kappa shape index (κ2) is 12.5. The summed E-state index contributed by atoms with van der Waals surface area (Å²) in [6.45, 7) is 1.55. The summed E-state index contributed by atoms with van der Waals surface area (Å²) in [7, 11) is 1.48. The van der Waals surface area contributed by atoms with Crippen LogP contribution in [0.5, 0.6) is 11.5 Å². The molecule has 0 spiro atoms. The molecule has 0 saturated heterocycles. The molecule has 1 atom stereocenters. The van der Waals surface area contributed by atoms with Crippen LogP contribution in [0.4, 0.5) is 10.1 Å². The molecule has 10 heteroatoms. The van der Waals surface area contributed by atoms with Crippen molar-refractivity contribution in [1.29, 1.82) is 5.26 Å². The first-order valence-electron chi connectivity index (χ1n) is 10.7. The molecule has 3 aromatic rings. The van der Waals surface area contributed by atoms with Crippen LogP contribution < -0.4 is 20.2 Å². The molecule has 0 saturated carbocycles. The van der Waals surface area contributed by atoms with E-state index in [0.717, 1.165) is 5.56 Å². The molecule has 0 aliphatic heterocycles. The van der Waals surface area contributed by atoms with Gasteiger partial charge in [-0.15, -0.1) is 0 Å². The van der Waals surface area contributed by atoms with E-state index in [4.69, 9.17) is 9.47 Å². The number of hydrogen-bond acceptors (Lipinski definition) is 6. The number of amides is 2. The summed E-state index contributed by atoms with van der Waals surface area (Å²) in [5, 5.41) is 15.5. The molecule has 2 amide bonds. The summed E-state index contributed by atoms with van der Waals surface area (Å²) in [6.07, 6.45) is 1.38. The number of halogens is 2. The van der Waals surface area contributed by atoms with E-state index in [1.165, 1.54) is 38.4 Å². The van der Waals surface area contributed by atoms with E-state index in [-0.39, 0.29) is 12.3 Å². The number of nitrogens with zero attached hydrogens (tertiary/aromatic N) is 2. The van der Waals surface area contributed by atoms with Crippen molar-refractivity contribution < 1.29 is 23.5 Å². The lowest BCUT2D eigenvalue weighted by Crippen LogP contribution is -2.34. The molecule has 0 radical (unpaired) electrons. The quantitative estimate of drug-likeness (QED) is 0.225. The second-order valence-corrected chi connectivity index (χ2v) is 8.37. The number of para-hydroxylation sites is 1. The first-order chi connectivity index (χ1) is 17.3. The lowest BCUT2D eigenvalue weighted by atomic mass is 10.1. The van der Waals surface area contributed by atoms with Crippen LogP contribution in [-0.4, -0.2) is 25.1 Å². The van der Waals surface area contributed by atoms with Crippen molar-refractivity contribution in [1.82, 2.24) is 5.43 Å². The van der Waals surface area contributed by atoms with E-state index in [2.05, 4.69) is 37.8 Å². The fraction of sp³-hybridized carbons (Fsp3) is 0.154. The largest absolute Gasteiger partial charge is 0.493 e. The highest BCUT2D eigenvalue weighted by Gasteiger charge is 2.22. The number of methoxy groups -OCH3 is 1. The lowest BCUT2D eigenvalue weighted by Gasteiger charge is -2.14. The summed E-state index contributed by atoms with van der Waals surface area (Å²) >= 11 is 3.45. The van der Waals surface area contributed by atoms with Gasteiger partial charge in [0.05, 0.1) is 35.1 Å². The molecule has 0 aliphatic carbocycles. The van der Waals surface area contributed by atoms with E-state index < -0.39 is 23.5 Å². The number of carbonyl (C=O) groups is 2. The zero-order chi connectivity index (χ0) is 26.1. The Kier molecular flexibility index (Phi) is 9.13. The highest BCUT2D eigenvalue weighted by atomic mass is 79.9. The molecular weight excluding hydrogens is 531 g/mol. The predicted octanol–water partition coefficient (Wildman–Crippen LogP) is 4.77. The first kappa shape index (κ1) is 26.4. The van der Waals surface area contributed by atoms with Crippen molar-refractivity contribution in [3.8, 4) is 17.6 Å². The van der Waals surface area contributed by atoms with Crippen molar-refractivity contribution in [2.75, 3.05) is 12.4 Å². The number of carbonyl (C=O) groups excluding carboxylic acids is 2. The Hall–Kier alpha value is -4.23. The van der Waals surface area contributed by atoms with E-state index >= 15 is 0 Å². The molecule has 2 N–H and O–H groups in total. The molecular formula is C26H22BrFN4O4. The molecule has 1 unspecified atom stereocenters. The molecule has 0 fully saturated rings. The minimum absolute atomic E-state index is 0.0129. The molecule has 3 rings (SSSR count). The smallest absolute Gasteiger partial charge is 0.252 e. The number of rotatable bonds is 9. The molecule has 0 heterocycles. The topological polar surface area (TPSA) is 113 Å². The third-order valence-electron chi connectivity index (χ3n) is 5.07. The first-order valence-corrected chi connectivity index (χ1v) is 11.5. The number of nitrogens with one attached hydrogen (secondary N) is 2. The van der Waals surface area contributed by atoms with Gasteiger partial charge in [0.1, 0.15) is 18.3 Å². The molecule has 184 valence electrons. The van der Waals surface area contributed by atoms with Gasteiger partial charge in [-0.05, 0) is 58.7 Å². The SMILES string of the molecule is COc1cc(C=NNC(=O)C(C)C(=O)Nc2ccccc2F)cc(Br)c1OCc1ccccc1C#N. The van der Waals surface area contributed by atoms with Crippen molar-refractivity contribution in [2.45, 2.75) is 13.5 Å². The van der Waals surface area contributed by atoms with Crippen LogP contribution in [0.2, 0.25) is 0 Å². The minimum atomic E-state index is -1.12. The van der Waals surface area contributed by atoms with Crippen LogP contribution in [0.15, 0.2) is 70.2 Å². The van der Waals surface area contributed by atoms with Crippen LogP contribution in [0.3, 0.4) is 0 Å². The zero-order valence-corrected chi connectivity index (χ0v) is 21.0. The third-order valence-corrected chi connectivity index (χ3v) is 5.66. The highest BCUT2D eigenvalue weighted by molar-refractivity contribution is 9.10. The summed E-state index contributed by atoms with van der Waals surface area (Å²) in [6, 6.07) is 18.3. The van der Waals surface area contributed by atoms with Crippen molar-refractivity contribution in [3.63, 3.8) is 0 Å². The number of hydrazone groups is 1. The zero-order valence-electron chi connectivity index (χ0n) is 19.4. The molecule has 0 aromatic heterocycles. The normalized spacial score (nSPS) is 11.4. The summed E-state index contributed by atoms with van der Waals surface area (Å²) < 4.78 is 25.6. The van der Waals surface area contributed by atoms with Gasteiger partial charge in [-0.25, -0.2) is 9.82 Å². The number of ether oxygens (including phenoxy) is 2. The molecule has 0 aliphatic rings. The Morgan fingerprint density at radius 3 is 2.61 bits per heavy atom. The standard InChI is InChI=1S/C26H22BrFN4O4/c1-16(25(33)31-22-10-6-5-9-21(22)28)26(34)32-30-14-17-11-20(27)24(23(12-17)35-2)36-15-19-8-4-3-7-18(19)13-29/h3-12,14,16H,15H2,1-2H3,(H,31,33)(H,32,34). The number of anilines is 1. The van der Waals surface area contributed by atoms with Crippen molar-refractivity contribution in [3.05, 3.63) is 87.6 Å². The third kappa shape index (κ3) is 6.67. The Bertz CT molecular complexity index is 1340. The van der Waals surface area contributed by atoms with E-state index in [1.807, 2.05) is 6.07 Å². The van der Waals surface area contributed by atoms with Gasteiger partial charge in [0, 0.05) is 5.56 Å². The van der Waals surface area contributed by atoms with Crippen molar-refractivity contribution in [2.24, 2.45) is 11.0 Å². The van der Waals surface area contributed by atoms with Gasteiger partial charge in [-0.1, -0.05) is 30.3 Å². The average Bonchev–Trinajstić information content (AvgIpc) is 2.88. The Balaban J connectivity index is 1.63. The summed E-state index contributed by atoms with van der Waals surface area (Å²) in [5.41, 5.74) is 4.11. The van der Waals surface area contributed by atoms with E-state index in [1.54, 1.807) is 36.4 Å². The van der Waals surface area contributed by atoms with Crippen LogP contribution >= 0.6 is 15.9 Å². The van der Waals surface area contributed by atoms with Crippen LogP contribution in [0.25, 0.3) is 0 Å². The van der Waals surface area contributed by atoms with Gasteiger partial charge >= 0.3 is 0 Å². The number of hydrogen-bond donors (Lipinski definition) is 2. The molecule has 36 heavy (non-hydrogen) atoms. The highest BCUT2D eigenvalue weighted by Crippen LogP contribution is 2.37. The second-order valence-electron chi connectivity index (χ2n) is 7.52. The van der Waals surface area contributed by atoms with Gasteiger partial charge in [-0.3, -0.25) is 9.59 Å². The average molecular weight is 553 g/mol. The monoisotopic (exact) mass is 552 g/mol. The number of benzene rings is 3. The van der Waals surface area contributed by atoms with Gasteiger partial charge in [0.2, 0.25) is 5.91 Å². The van der Waals surface area contributed by atoms with Crippen LogP contribution in [0.1, 0.15) is 23.6 Å². The molecule has 3 aromatic carbocycles. The molecule has 8 nitrogen and oxygen atoms in total. The Labute approximate surface area is 215 Å². The van der Waals surface area contributed by atoms with Crippen LogP contribution in [0, 0.1) is 23.1 Å². The number of nitriles is 1. The minimum Gasteiger partial charge on any atom is -0.493 e. The fourth-order valence-electron chi connectivity index (χ4n) is 3.05. The van der Waals surface area contributed by atoms with Gasteiger partial charge in [-0.2, -0.15) is 10.4 Å². The maximum absolute atomic E-state index is 13.7. The molecule has 0 bridgehead atoms. The van der Waals surface area contributed by atoms with Crippen LogP contribution in [-0.2, 0) is 16.2 Å². The van der Waals surface area contributed by atoms with Gasteiger partial charge in [0.25, 0.3) is 5.91 Å². The lowest BCUT2D eigenvalue weighted by molar-refractivity contribution is -0.131. The van der Waals surface area contributed by atoms with Gasteiger partial charge < -0.3 is 14.8 Å².